The number of rotatable bonds is 5. The average molecular weight is 613 g/mol. The van der Waals surface area contributed by atoms with Gasteiger partial charge in [0, 0.05) is 27.6 Å². The molecule has 4 nitrogen and oxygen atoms in total. The highest BCUT2D eigenvalue weighted by molar-refractivity contribution is 6.13. The summed E-state index contributed by atoms with van der Waals surface area (Å²) in [6, 6.07) is 58.7. The highest BCUT2D eigenvalue weighted by Crippen LogP contribution is 2.35. The minimum absolute atomic E-state index is 0.639. The Balaban J connectivity index is 1.10. The summed E-state index contributed by atoms with van der Waals surface area (Å²) >= 11 is 0. The third kappa shape index (κ3) is 5.06. The van der Waals surface area contributed by atoms with Crippen molar-refractivity contribution in [2.24, 2.45) is 0 Å². The van der Waals surface area contributed by atoms with Crippen molar-refractivity contribution in [1.82, 2.24) is 19.9 Å². The van der Waals surface area contributed by atoms with E-state index in [1.807, 2.05) is 42.5 Å². The Hall–Kier alpha value is -6.52. The van der Waals surface area contributed by atoms with E-state index < -0.39 is 0 Å². The van der Waals surface area contributed by atoms with Crippen LogP contribution in [0.2, 0.25) is 0 Å². The molecule has 4 heteroatoms. The molecule has 0 unspecified atom stereocenters. The summed E-state index contributed by atoms with van der Waals surface area (Å²) in [5.41, 5.74) is 8.18. The lowest BCUT2D eigenvalue weighted by molar-refractivity contribution is 1.08. The molecule has 0 spiro atoms. The van der Waals surface area contributed by atoms with Crippen LogP contribution in [0.15, 0.2) is 170 Å². The number of hydrogen-bond donors (Lipinski definition) is 0. The summed E-state index contributed by atoms with van der Waals surface area (Å²) in [6.07, 6.45) is 0. The van der Waals surface area contributed by atoms with Crippen LogP contribution in [-0.2, 0) is 0 Å². The van der Waals surface area contributed by atoms with Crippen LogP contribution in [0, 0.1) is 0 Å². The molecule has 48 heavy (non-hydrogen) atoms. The molecular weight excluding hydrogens is 585 g/mol. The number of para-hydroxylation sites is 1. The van der Waals surface area contributed by atoms with E-state index in [2.05, 4.69) is 127 Å². The van der Waals surface area contributed by atoms with Crippen molar-refractivity contribution < 1.29 is 0 Å². The molecule has 2 aromatic heterocycles. The molecule has 0 N–H and O–H groups in total. The Kier molecular flexibility index (Phi) is 6.76. The molecular formula is C44H28N4. The van der Waals surface area contributed by atoms with E-state index in [-0.39, 0.29) is 0 Å². The standard InChI is InChI=1S/C44H28N4/c1-2-11-33(12-3-1)42-46-43(48-44(47-42)39-28-35-13-4-6-14-36(35)37-15-7-8-16-38(37)39)34-24-20-30(21-25-34)29-18-22-32(23-19-29)41-27-26-31-10-5-9-17-40(31)45-41/h1-28H. The molecule has 0 aliphatic carbocycles. The first-order valence-corrected chi connectivity index (χ1v) is 16.1. The van der Waals surface area contributed by atoms with Gasteiger partial charge in [-0.2, -0.15) is 0 Å². The summed E-state index contributed by atoms with van der Waals surface area (Å²) in [5, 5.41) is 5.81. The number of nitrogens with zero attached hydrogens (tertiary/aromatic N) is 4. The van der Waals surface area contributed by atoms with Gasteiger partial charge in [-0.1, -0.05) is 152 Å². The van der Waals surface area contributed by atoms with Gasteiger partial charge in [0.1, 0.15) is 0 Å². The first-order valence-electron chi connectivity index (χ1n) is 16.1. The maximum Gasteiger partial charge on any atom is 0.164 e. The predicted octanol–water partition coefficient (Wildman–Crippen LogP) is 11.1. The van der Waals surface area contributed by atoms with Crippen molar-refractivity contribution in [3.8, 4) is 56.5 Å². The van der Waals surface area contributed by atoms with Crippen molar-refractivity contribution >= 4 is 32.4 Å². The van der Waals surface area contributed by atoms with Crippen molar-refractivity contribution in [1.29, 1.82) is 0 Å². The van der Waals surface area contributed by atoms with E-state index in [0.29, 0.717) is 17.5 Å². The molecule has 0 bridgehead atoms. The van der Waals surface area contributed by atoms with Gasteiger partial charge in [0.25, 0.3) is 0 Å². The minimum atomic E-state index is 0.639. The highest BCUT2D eigenvalue weighted by Gasteiger charge is 2.16. The average Bonchev–Trinajstić information content (AvgIpc) is 3.17. The molecule has 0 amide bonds. The summed E-state index contributed by atoms with van der Waals surface area (Å²) in [6.45, 7) is 0. The minimum Gasteiger partial charge on any atom is -0.248 e. The predicted molar refractivity (Wildman–Crippen MR) is 197 cm³/mol. The van der Waals surface area contributed by atoms with Crippen LogP contribution >= 0.6 is 0 Å². The number of hydrogen-bond acceptors (Lipinski definition) is 4. The highest BCUT2D eigenvalue weighted by atomic mass is 15.0. The van der Waals surface area contributed by atoms with E-state index in [4.69, 9.17) is 19.9 Å². The van der Waals surface area contributed by atoms with Gasteiger partial charge in [-0.3, -0.25) is 0 Å². The molecule has 0 aliphatic heterocycles. The van der Waals surface area contributed by atoms with Gasteiger partial charge >= 0.3 is 0 Å². The third-order valence-electron chi connectivity index (χ3n) is 8.93. The van der Waals surface area contributed by atoms with Crippen molar-refractivity contribution in [3.63, 3.8) is 0 Å². The van der Waals surface area contributed by atoms with Gasteiger partial charge in [-0.25, -0.2) is 19.9 Å². The Bertz CT molecular complexity index is 2590. The lowest BCUT2D eigenvalue weighted by Gasteiger charge is -2.12. The van der Waals surface area contributed by atoms with Crippen molar-refractivity contribution in [2.45, 2.75) is 0 Å². The summed E-state index contributed by atoms with van der Waals surface area (Å²) < 4.78 is 0. The van der Waals surface area contributed by atoms with Gasteiger partial charge < -0.3 is 0 Å². The number of aromatic nitrogens is 4. The molecule has 0 aliphatic rings. The second-order valence-corrected chi connectivity index (χ2v) is 11.9. The Morgan fingerprint density at radius 2 is 0.812 bits per heavy atom. The Morgan fingerprint density at radius 1 is 0.292 bits per heavy atom. The molecule has 2 heterocycles. The number of fused-ring (bicyclic) bond motifs is 4. The van der Waals surface area contributed by atoms with E-state index in [1.54, 1.807) is 0 Å². The summed E-state index contributed by atoms with van der Waals surface area (Å²) in [7, 11) is 0. The van der Waals surface area contributed by atoms with Gasteiger partial charge in [0.15, 0.2) is 17.5 Å². The van der Waals surface area contributed by atoms with Gasteiger partial charge in [-0.15, -0.1) is 0 Å². The maximum absolute atomic E-state index is 5.10. The quantitative estimate of drug-likeness (QED) is 0.181. The van der Waals surface area contributed by atoms with Gasteiger partial charge in [0.2, 0.25) is 0 Å². The van der Waals surface area contributed by atoms with Crippen LogP contribution in [-0.4, -0.2) is 19.9 Å². The fraction of sp³-hybridized carbons (Fsp3) is 0. The molecule has 0 saturated heterocycles. The molecule has 9 rings (SSSR count). The lowest BCUT2D eigenvalue weighted by Crippen LogP contribution is -2.00. The monoisotopic (exact) mass is 612 g/mol. The largest absolute Gasteiger partial charge is 0.248 e. The van der Waals surface area contributed by atoms with Gasteiger partial charge in [0.05, 0.1) is 11.2 Å². The summed E-state index contributed by atoms with van der Waals surface area (Å²) in [5.74, 6) is 1.94. The zero-order chi connectivity index (χ0) is 31.9. The first kappa shape index (κ1) is 27.8. The van der Waals surface area contributed by atoms with Crippen molar-refractivity contribution in [2.75, 3.05) is 0 Å². The second-order valence-electron chi connectivity index (χ2n) is 11.9. The first-order chi connectivity index (χ1) is 23.8. The molecule has 224 valence electrons. The molecule has 0 radical (unpaired) electrons. The number of pyridine rings is 1. The van der Waals surface area contributed by atoms with Crippen molar-refractivity contribution in [3.05, 3.63) is 170 Å². The maximum atomic E-state index is 5.10. The normalized spacial score (nSPS) is 11.3. The topological polar surface area (TPSA) is 51.6 Å². The SMILES string of the molecule is c1ccc(-c2nc(-c3ccc(-c4ccc(-c5ccc6ccccc6n5)cc4)cc3)nc(-c3cc4ccccc4c4ccccc34)n2)cc1. The fourth-order valence-corrected chi connectivity index (χ4v) is 6.45. The van der Waals surface area contributed by atoms with Crippen LogP contribution in [0.25, 0.3) is 89.0 Å². The van der Waals surface area contributed by atoms with E-state index >= 15 is 0 Å². The molecule has 9 aromatic rings. The smallest absolute Gasteiger partial charge is 0.164 e. The van der Waals surface area contributed by atoms with Crippen LogP contribution in [0.5, 0.6) is 0 Å². The zero-order valence-electron chi connectivity index (χ0n) is 26.0. The van der Waals surface area contributed by atoms with Crippen LogP contribution in [0.3, 0.4) is 0 Å². The van der Waals surface area contributed by atoms with E-state index in [0.717, 1.165) is 60.8 Å². The van der Waals surface area contributed by atoms with E-state index in [1.165, 1.54) is 10.8 Å². The Morgan fingerprint density at radius 3 is 1.54 bits per heavy atom. The molecule has 0 saturated carbocycles. The van der Waals surface area contributed by atoms with Crippen LogP contribution in [0.1, 0.15) is 0 Å². The van der Waals surface area contributed by atoms with Gasteiger partial charge in [-0.05, 0) is 50.9 Å². The number of benzene rings is 7. The van der Waals surface area contributed by atoms with E-state index in [9.17, 15) is 0 Å². The lowest BCUT2D eigenvalue weighted by atomic mass is 9.97. The molecule has 0 atom stereocenters. The summed E-state index contributed by atoms with van der Waals surface area (Å²) in [4.78, 5) is 20.0. The second kappa shape index (κ2) is 11.7. The molecule has 7 aromatic carbocycles. The molecule has 0 fully saturated rings. The van der Waals surface area contributed by atoms with Crippen LogP contribution < -0.4 is 0 Å². The third-order valence-corrected chi connectivity index (χ3v) is 8.93. The fourth-order valence-electron chi connectivity index (χ4n) is 6.45. The van der Waals surface area contributed by atoms with Crippen LogP contribution in [0.4, 0.5) is 0 Å². The Labute approximate surface area is 278 Å². The zero-order valence-corrected chi connectivity index (χ0v) is 26.0.